The Morgan fingerprint density at radius 3 is 3.00 bits per heavy atom. The molecule has 0 radical (unpaired) electrons. The monoisotopic (exact) mass is 229 g/mol. The molecular weight excluding hydrogens is 214 g/mol. The van der Waals surface area contributed by atoms with Gasteiger partial charge < -0.3 is 10.7 Å². The van der Waals surface area contributed by atoms with Crippen molar-refractivity contribution in [1.29, 1.82) is 0 Å². The largest absolute Gasteiger partial charge is 0.369 e. The van der Waals surface area contributed by atoms with Crippen molar-refractivity contribution < 1.29 is 2.85 Å². The maximum Gasteiger partial charge on any atom is 0.278 e. The summed E-state index contributed by atoms with van der Waals surface area (Å²) in [5, 5.41) is 0.704. The molecule has 0 saturated heterocycles. The molecule has 0 atom stereocenters. The number of nitrogens with one attached hydrogen (secondary N) is 2. The molecular formula is C8H15N5OS. The quantitative estimate of drug-likeness (QED) is 0.687. The molecule has 15 heavy (non-hydrogen) atoms. The van der Waals surface area contributed by atoms with Gasteiger partial charge in [0.25, 0.3) is 5.56 Å². The minimum absolute atomic E-state index is 0. The summed E-state index contributed by atoms with van der Waals surface area (Å²) in [4.78, 5) is 24.9. The van der Waals surface area contributed by atoms with Crippen molar-refractivity contribution in [3.8, 4) is 0 Å². The van der Waals surface area contributed by atoms with E-state index in [0.717, 1.165) is 12.2 Å². The van der Waals surface area contributed by atoms with Crippen LogP contribution in [0.4, 0.5) is 5.95 Å². The average Bonchev–Trinajstić information content (AvgIpc) is 2.57. The highest BCUT2D eigenvalue weighted by Crippen LogP contribution is 2.16. The van der Waals surface area contributed by atoms with Crippen molar-refractivity contribution in [1.82, 2.24) is 19.9 Å². The van der Waals surface area contributed by atoms with Gasteiger partial charge in [-0.3, -0.25) is 9.78 Å². The third-order valence-corrected chi connectivity index (χ3v) is 2.88. The van der Waals surface area contributed by atoms with Crippen LogP contribution in [-0.2, 0) is 0 Å². The van der Waals surface area contributed by atoms with Crippen LogP contribution in [0.1, 0.15) is 16.2 Å². The number of hydrogen-bond donors (Lipinski definition) is 3. The molecule has 0 amide bonds. The molecule has 2 heterocycles. The number of rotatable bonds is 3. The number of aromatic nitrogens is 4. The van der Waals surface area contributed by atoms with Crippen LogP contribution in [0.15, 0.2) is 9.95 Å². The number of fused-ring (bicyclic) bond motifs is 1. The molecule has 2 rings (SSSR count). The van der Waals surface area contributed by atoms with E-state index in [1.165, 1.54) is 0 Å². The van der Waals surface area contributed by atoms with Gasteiger partial charge >= 0.3 is 0 Å². The first-order valence-electron chi connectivity index (χ1n) is 4.59. The normalized spacial score (nSPS) is 11.0. The predicted molar refractivity (Wildman–Crippen MR) is 64.2 cm³/mol. The van der Waals surface area contributed by atoms with Gasteiger partial charge in [-0.25, -0.2) is 4.98 Å². The number of H-pyrrole nitrogens is 2. The van der Waals surface area contributed by atoms with Gasteiger partial charge in [-0.2, -0.15) is 4.98 Å². The van der Waals surface area contributed by atoms with Gasteiger partial charge in [0.05, 0.1) is 0 Å². The molecule has 0 saturated carbocycles. The number of thioether (sulfide) groups is 1. The lowest BCUT2D eigenvalue weighted by molar-refractivity contribution is 1.05. The molecule has 0 fully saturated rings. The van der Waals surface area contributed by atoms with Crippen LogP contribution >= 0.6 is 11.8 Å². The van der Waals surface area contributed by atoms with Crippen LogP contribution in [0, 0.1) is 0 Å². The van der Waals surface area contributed by atoms with Gasteiger partial charge in [-0.15, -0.1) is 0 Å². The smallest absolute Gasteiger partial charge is 0.278 e. The second-order valence-corrected chi connectivity index (χ2v) is 4.12. The number of imidazole rings is 1. The fourth-order valence-electron chi connectivity index (χ4n) is 1.17. The molecule has 0 aromatic carbocycles. The van der Waals surface area contributed by atoms with E-state index >= 15 is 0 Å². The van der Waals surface area contributed by atoms with Gasteiger partial charge in [0.2, 0.25) is 5.95 Å². The highest BCUT2D eigenvalue weighted by molar-refractivity contribution is 7.99. The lowest BCUT2D eigenvalue weighted by atomic mass is 10.5. The van der Waals surface area contributed by atoms with Gasteiger partial charge in [0.15, 0.2) is 16.3 Å². The van der Waals surface area contributed by atoms with E-state index in [2.05, 4.69) is 26.9 Å². The summed E-state index contributed by atoms with van der Waals surface area (Å²) in [6, 6.07) is 0. The van der Waals surface area contributed by atoms with Gasteiger partial charge in [-0.1, -0.05) is 18.7 Å². The van der Waals surface area contributed by atoms with Crippen LogP contribution in [0.25, 0.3) is 11.2 Å². The molecule has 0 aliphatic heterocycles. The summed E-state index contributed by atoms with van der Waals surface area (Å²) in [6.45, 7) is 2.08. The summed E-state index contributed by atoms with van der Waals surface area (Å²) in [5.74, 6) is 1.04. The van der Waals surface area contributed by atoms with E-state index in [-0.39, 0.29) is 14.4 Å². The Hall–Kier alpha value is -1.50. The third kappa shape index (κ3) is 1.96. The first kappa shape index (κ1) is 10.0. The predicted octanol–water partition coefficient (Wildman–Crippen LogP) is 1.22. The van der Waals surface area contributed by atoms with Crippen LogP contribution in [-0.4, -0.2) is 25.7 Å². The molecule has 2 aromatic rings. The molecule has 0 bridgehead atoms. The zero-order valence-corrected chi connectivity index (χ0v) is 9.02. The summed E-state index contributed by atoms with van der Waals surface area (Å²) in [6.07, 6.45) is 1.05. The Bertz CT molecular complexity index is 540. The first-order valence-corrected chi connectivity index (χ1v) is 5.57. The Morgan fingerprint density at radius 2 is 2.27 bits per heavy atom. The standard InChI is InChI=1S/C8H11N5OS.2H2/c1-2-3-15-8-10-4-5(12-8)11-7(9)13-6(4)14;;/h2-3H2,1H3,(H4,9,10,11,12,13,14);2*1H. The zero-order valence-electron chi connectivity index (χ0n) is 8.20. The molecule has 0 aliphatic carbocycles. The van der Waals surface area contributed by atoms with Crippen LogP contribution < -0.4 is 11.3 Å². The van der Waals surface area contributed by atoms with Crippen molar-refractivity contribution in [3.05, 3.63) is 10.4 Å². The minimum Gasteiger partial charge on any atom is -0.369 e. The van der Waals surface area contributed by atoms with Crippen molar-refractivity contribution in [2.45, 2.75) is 18.5 Å². The van der Waals surface area contributed by atoms with E-state index in [9.17, 15) is 4.79 Å². The summed E-state index contributed by atoms with van der Waals surface area (Å²) < 4.78 is 0. The van der Waals surface area contributed by atoms with Crippen molar-refractivity contribution in [3.63, 3.8) is 0 Å². The molecule has 0 unspecified atom stereocenters. The third-order valence-electron chi connectivity index (χ3n) is 1.80. The summed E-state index contributed by atoms with van der Waals surface area (Å²) in [7, 11) is 0. The summed E-state index contributed by atoms with van der Waals surface area (Å²) >= 11 is 1.56. The number of aromatic amines is 2. The SMILES string of the molecule is CCCSc1nc2nc(N)[nH]c(=O)c2[nH]1.[HH].[HH]. The van der Waals surface area contributed by atoms with E-state index in [1.807, 2.05) is 0 Å². The van der Waals surface area contributed by atoms with Crippen LogP contribution in [0.3, 0.4) is 0 Å². The number of hydrogen-bond acceptors (Lipinski definition) is 5. The first-order chi connectivity index (χ1) is 7.20. The maximum absolute atomic E-state index is 11.4. The number of nitrogens with two attached hydrogens (primary N) is 1. The highest BCUT2D eigenvalue weighted by atomic mass is 32.2. The van der Waals surface area contributed by atoms with Gasteiger partial charge in [0.1, 0.15) is 0 Å². The maximum atomic E-state index is 11.4. The van der Waals surface area contributed by atoms with E-state index in [1.54, 1.807) is 11.8 Å². The zero-order chi connectivity index (χ0) is 10.8. The molecule has 4 N–H and O–H groups in total. The second kappa shape index (κ2) is 3.93. The lowest BCUT2D eigenvalue weighted by Gasteiger charge is -1.90. The Kier molecular flexibility index (Phi) is 2.63. The Balaban J connectivity index is 0.00000128. The fourth-order valence-corrected chi connectivity index (χ4v) is 1.89. The van der Waals surface area contributed by atoms with Crippen LogP contribution in [0.5, 0.6) is 0 Å². The fraction of sp³-hybridized carbons (Fsp3) is 0.375. The molecule has 7 heteroatoms. The Labute approximate surface area is 92.7 Å². The number of nitrogen functional groups attached to an aromatic ring is 1. The molecule has 84 valence electrons. The van der Waals surface area contributed by atoms with Crippen molar-refractivity contribution in [2.24, 2.45) is 0 Å². The Morgan fingerprint density at radius 1 is 1.47 bits per heavy atom. The van der Waals surface area contributed by atoms with Crippen LogP contribution in [0.2, 0.25) is 0 Å². The van der Waals surface area contributed by atoms with Gasteiger partial charge in [-0.05, 0) is 6.42 Å². The molecule has 2 aromatic heterocycles. The minimum atomic E-state index is -0.284. The summed E-state index contributed by atoms with van der Waals surface area (Å²) in [5.41, 5.74) is 5.87. The van der Waals surface area contributed by atoms with Gasteiger partial charge in [0, 0.05) is 8.61 Å². The van der Waals surface area contributed by atoms with E-state index in [4.69, 9.17) is 5.73 Å². The highest BCUT2D eigenvalue weighted by Gasteiger charge is 2.08. The van der Waals surface area contributed by atoms with E-state index < -0.39 is 0 Å². The van der Waals surface area contributed by atoms with Crippen molar-refractivity contribution >= 4 is 28.9 Å². The second-order valence-electron chi connectivity index (χ2n) is 3.04. The molecule has 0 spiro atoms. The molecule has 6 nitrogen and oxygen atoms in total. The van der Waals surface area contributed by atoms with Crippen molar-refractivity contribution in [2.75, 3.05) is 11.5 Å². The number of anilines is 1. The number of nitrogens with zero attached hydrogens (tertiary/aromatic N) is 2. The average molecular weight is 229 g/mol. The topological polar surface area (TPSA) is 100 Å². The molecule has 0 aliphatic rings. The van der Waals surface area contributed by atoms with E-state index in [0.29, 0.717) is 16.3 Å². The lowest BCUT2D eigenvalue weighted by Crippen LogP contribution is -2.10.